The summed E-state index contributed by atoms with van der Waals surface area (Å²) in [6.45, 7) is 1.65. The first-order valence-electron chi connectivity index (χ1n) is 7.73. The molecule has 0 bridgehead atoms. The van der Waals surface area contributed by atoms with Crippen molar-refractivity contribution in [2.45, 2.75) is 44.9 Å². The minimum atomic E-state index is -0.0964. The Morgan fingerprint density at radius 1 is 1.19 bits per heavy atom. The van der Waals surface area contributed by atoms with E-state index in [9.17, 15) is 9.59 Å². The number of hydrogen-bond donors (Lipinski definition) is 3. The van der Waals surface area contributed by atoms with Gasteiger partial charge in [-0.05, 0) is 57.7 Å². The molecule has 2 rings (SSSR count). The predicted molar refractivity (Wildman–Crippen MR) is 81.4 cm³/mol. The molecule has 1 aromatic rings. The summed E-state index contributed by atoms with van der Waals surface area (Å²) >= 11 is 0. The van der Waals surface area contributed by atoms with E-state index in [0.29, 0.717) is 6.54 Å². The van der Waals surface area contributed by atoms with Crippen molar-refractivity contribution in [2.75, 3.05) is 20.1 Å². The van der Waals surface area contributed by atoms with Crippen LogP contribution in [0.25, 0.3) is 0 Å². The van der Waals surface area contributed by atoms with Gasteiger partial charge in [0.05, 0.1) is 12.1 Å². The van der Waals surface area contributed by atoms with E-state index in [2.05, 4.69) is 20.8 Å². The van der Waals surface area contributed by atoms with Crippen LogP contribution in [0.2, 0.25) is 0 Å². The molecule has 116 valence electrons. The predicted octanol–water partition coefficient (Wildman–Crippen LogP) is 0.307. The SMILES string of the molecule is CNCCCCNC(=O)Cc1n[nH]c(=O)c2c1CCCC2. The molecule has 0 saturated heterocycles. The van der Waals surface area contributed by atoms with Gasteiger partial charge < -0.3 is 10.6 Å². The molecule has 0 aromatic carbocycles. The van der Waals surface area contributed by atoms with Crippen LogP contribution in [-0.4, -0.2) is 36.2 Å². The van der Waals surface area contributed by atoms with Crippen LogP contribution in [0.3, 0.4) is 0 Å². The molecule has 21 heavy (non-hydrogen) atoms. The van der Waals surface area contributed by atoms with Gasteiger partial charge in [-0.25, -0.2) is 5.10 Å². The molecule has 1 aromatic heterocycles. The zero-order chi connectivity index (χ0) is 15.1. The number of carbonyl (C=O) groups excluding carboxylic acids is 1. The van der Waals surface area contributed by atoms with Gasteiger partial charge in [0.2, 0.25) is 5.91 Å². The second-order valence-corrected chi connectivity index (χ2v) is 5.50. The van der Waals surface area contributed by atoms with E-state index in [-0.39, 0.29) is 17.9 Å². The maximum atomic E-state index is 12.0. The Balaban J connectivity index is 1.91. The molecule has 1 amide bonds. The molecule has 0 unspecified atom stereocenters. The van der Waals surface area contributed by atoms with Gasteiger partial charge in [-0.15, -0.1) is 0 Å². The maximum absolute atomic E-state index is 12.0. The Labute approximate surface area is 124 Å². The maximum Gasteiger partial charge on any atom is 0.267 e. The molecule has 0 aliphatic heterocycles. The van der Waals surface area contributed by atoms with E-state index in [1.165, 1.54) is 0 Å². The molecule has 1 heterocycles. The number of rotatable bonds is 7. The second-order valence-electron chi connectivity index (χ2n) is 5.50. The smallest absolute Gasteiger partial charge is 0.267 e. The number of nitrogens with one attached hydrogen (secondary N) is 3. The van der Waals surface area contributed by atoms with E-state index in [4.69, 9.17) is 0 Å². The van der Waals surface area contributed by atoms with Crippen LogP contribution in [-0.2, 0) is 24.1 Å². The third kappa shape index (κ3) is 4.39. The standard InChI is InChI=1S/C15H24N4O2/c1-16-8-4-5-9-17-14(20)10-13-11-6-2-3-7-12(11)15(21)19-18-13/h16H,2-10H2,1H3,(H,17,20)(H,19,21). The lowest BCUT2D eigenvalue weighted by atomic mass is 9.91. The van der Waals surface area contributed by atoms with Gasteiger partial charge in [0.15, 0.2) is 0 Å². The molecular formula is C15H24N4O2. The molecule has 6 heteroatoms. The average Bonchev–Trinajstić information content (AvgIpc) is 2.50. The third-order valence-corrected chi connectivity index (χ3v) is 3.89. The Kier molecular flexibility index (Phi) is 5.92. The van der Waals surface area contributed by atoms with E-state index >= 15 is 0 Å². The molecule has 0 radical (unpaired) electrons. The van der Waals surface area contributed by atoms with Gasteiger partial charge >= 0.3 is 0 Å². The van der Waals surface area contributed by atoms with Crippen molar-refractivity contribution in [2.24, 2.45) is 0 Å². The fourth-order valence-electron chi connectivity index (χ4n) is 2.74. The van der Waals surface area contributed by atoms with Gasteiger partial charge in [0.1, 0.15) is 0 Å². The van der Waals surface area contributed by atoms with Crippen LogP contribution in [0.5, 0.6) is 0 Å². The second kappa shape index (κ2) is 7.93. The summed E-state index contributed by atoms with van der Waals surface area (Å²) < 4.78 is 0. The van der Waals surface area contributed by atoms with E-state index in [1.807, 2.05) is 7.05 Å². The fraction of sp³-hybridized carbons (Fsp3) is 0.667. The first-order chi connectivity index (χ1) is 10.2. The van der Waals surface area contributed by atoms with Crippen molar-refractivity contribution < 1.29 is 4.79 Å². The van der Waals surface area contributed by atoms with E-state index in [0.717, 1.165) is 61.9 Å². The lowest BCUT2D eigenvalue weighted by molar-refractivity contribution is -0.120. The minimum Gasteiger partial charge on any atom is -0.356 e. The van der Waals surface area contributed by atoms with E-state index < -0.39 is 0 Å². The van der Waals surface area contributed by atoms with Crippen molar-refractivity contribution in [3.05, 3.63) is 27.2 Å². The van der Waals surface area contributed by atoms with Crippen LogP contribution in [0.4, 0.5) is 0 Å². The van der Waals surface area contributed by atoms with Crippen LogP contribution in [0.15, 0.2) is 4.79 Å². The number of carbonyl (C=O) groups is 1. The summed E-state index contributed by atoms with van der Waals surface area (Å²) in [4.78, 5) is 23.7. The first kappa shape index (κ1) is 15.7. The van der Waals surface area contributed by atoms with Crippen LogP contribution in [0.1, 0.15) is 42.5 Å². The van der Waals surface area contributed by atoms with Crippen molar-refractivity contribution in [1.29, 1.82) is 0 Å². The van der Waals surface area contributed by atoms with Gasteiger partial charge in [0, 0.05) is 12.1 Å². The number of H-pyrrole nitrogens is 1. The Bertz CT molecular complexity index is 539. The number of hydrogen-bond acceptors (Lipinski definition) is 4. The van der Waals surface area contributed by atoms with Crippen molar-refractivity contribution >= 4 is 5.91 Å². The largest absolute Gasteiger partial charge is 0.356 e. The molecule has 6 nitrogen and oxygen atoms in total. The first-order valence-corrected chi connectivity index (χ1v) is 7.73. The molecule has 0 atom stereocenters. The van der Waals surface area contributed by atoms with Crippen molar-refractivity contribution in [1.82, 2.24) is 20.8 Å². The average molecular weight is 292 g/mol. The molecule has 0 spiro atoms. The molecular weight excluding hydrogens is 268 g/mol. The summed E-state index contributed by atoms with van der Waals surface area (Å²) in [6.07, 6.45) is 6.02. The summed E-state index contributed by atoms with van der Waals surface area (Å²) in [5.41, 5.74) is 2.46. The molecule has 1 aliphatic rings. The van der Waals surface area contributed by atoms with Gasteiger partial charge in [-0.1, -0.05) is 0 Å². The number of unbranched alkanes of at least 4 members (excludes halogenated alkanes) is 1. The molecule has 1 aliphatic carbocycles. The zero-order valence-electron chi connectivity index (χ0n) is 12.6. The van der Waals surface area contributed by atoms with E-state index in [1.54, 1.807) is 0 Å². The zero-order valence-corrected chi connectivity index (χ0v) is 12.6. The van der Waals surface area contributed by atoms with Crippen LogP contribution >= 0.6 is 0 Å². The summed E-state index contributed by atoms with van der Waals surface area (Å²) in [7, 11) is 1.92. The quantitative estimate of drug-likeness (QED) is 0.631. The highest BCUT2D eigenvalue weighted by molar-refractivity contribution is 5.78. The summed E-state index contributed by atoms with van der Waals surface area (Å²) in [6, 6.07) is 0. The van der Waals surface area contributed by atoms with Gasteiger partial charge in [0.25, 0.3) is 5.56 Å². The molecule has 0 fully saturated rings. The third-order valence-electron chi connectivity index (χ3n) is 3.89. The van der Waals surface area contributed by atoms with Gasteiger partial charge in [-0.3, -0.25) is 9.59 Å². The van der Waals surface area contributed by atoms with Gasteiger partial charge in [-0.2, -0.15) is 5.10 Å². The number of nitrogens with zero attached hydrogens (tertiary/aromatic N) is 1. The highest BCUT2D eigenvalue weighted by atomic mass is 16.1. The highest BCUT2D eigenvalue weighted by Crippen LogP contribution is 2.20. The Morgan fingerprint density at radius 2 is 1.90 bits per heavy atom. The van der Waals surface area contributed by atoms with Crippen LogP contribution < -0.4 is 16.2 Å². The Morgan fingerprint density at radius 3 is 2.67 bits per heavy atom. The fourth-order valence-corrected chi connectivity index (χ4v) is 2.74. The Hall–Kier alpha value is -1.69. The summed E-state index contributed by atoms with van der Waals surface area (Å²) in [5, 5.41) is 12.6. The number of aromatic amines is 1. The topological polar surface area (TPSA) is 86.9 Å². The number of aromatic nitrogens is 2. The normalized spacial score (nSPS) is 13.8. The molecule has 0 saturated carbocycles. The number of fused-ring (bicyclic) bond motifs is 1. The molecule has 3 N–H and O–H groups in total. The van der Waals surface area contributed by atoms with Crippen LogP contribution in [0, 0.1) is 0 Å². The number of amides is 1. The lowest BCUT2D eigenvalue weighted by Gasteiger charge is -2.17. The lowest BCUT2D eigenvalue weighted by Crippen LogP contribution is -2.29. The van der Waals surface area contributed by atoms with Crippen molar-refractivity contribution in [3.8, 4) is 0 Å². The summed E-state index contributed by atoms with van der Waals surface area (Å²) in [5.74, 6) is -0.0215. The highest BCUT2D eigenvalue weighted by Gasteiger charge is 2.19. The minimum absolute atomic E-state index is 0.0215. The van der Waals surface area contributed by atoms with Crippen molar-refractivity contribution in [3.63, 3.8) is 0 Å². The monoisotopic (exact) mass is 292 g/mol.